The van der Waals surface area contributed by atoms with Crippen LogP contribution >= 0.6 is 0 Å². The summed E-state index contributed by atoms with van der Waals surface area (Å²) < 4.78 is 12.9. The quantitative estimate of drug-likeness (QED) is 0.392. The maximum atomic E-state index is 6.48. The number of ether oxygens (including phenoxy) is 2. The van der Waals surface area contributed by atoms with Gasteiger partial charge in [-0.1, -0.05) is 105 Å². The summed E-state index contributed by atoms with van der Waals surface area (Å²) in [5, 5.41) is 0. The number of rotatable bonds is 10. The fourth-order valence-corrected chi connectivity index (χ4v) is 4.24. The van der Waals surface area contributed by atoms with Crippen LogP contribution in [0.15, 0.2) is 91.0 Å². The number of likely N-dealkylation sites (tertiary alicyclic amines) is 1. The minimum Gasteiger partial charge on any atom is -0.370 e. The zero-order chi connectivity index (χ0) is 21.5. The summed E-state index contributed by atoms with van der Waals surface area (Å²) in [6.07, 6.45) is 1.24. The standard InChI is InChI=1S/C28H33NO2/c1-22(2)18-27(31-21-24-14-8-4-9-15-24)29-19-26(28(29)25-16-10-5-11-17-25)30-20-23-12-6-3-7-13-23/h3-17,22,26-28H,18-21H2,1-2H3/t26-,27-,28-/m0/s1. The molecule has 31 heavy (non-hydrogen) atoms. The van der Waals surface area contributed by atoms with E-state index in [0.717, 1.165) is 13.0 Å². The summed E-state index contributed by atoms with van der Waals surface area (Å²) in [5.41, 5.74) is 3.72. The topological polar surface area (TPSA) is 21.7 Å². The summed E-state index contributed by atoms with van der Waals surface area (Å²) in [6.45, 7) is 6.69. The van der Waals surface area contributed by atoms with Gasteiger partial charge >= 0.3 is 0 Å². The van der Waals surface area contributed by atoms with Crippen LogP contribution in [-0.2, 0) is 22.7 Å². The van der Waals surface area contributed by atoms with E-state index in [9.17, 15) is 0 Å². The highest BCUT2D eigenvalue weighted by molar-refractivity contribution is 5.24. The van der Waals surface area contributed by atoms with Gasteiger partial charge in [0.2, 0.25) is 0 Å². The third-order valence-electron chi connectivity index (χ3n) is 5.88. The molecule has 0 amide bonds. The minimum absolute atomic E-state index is 0.0713. The van der Waals surface area contributed by atoms with E-state index in [1.54, 1.807) is 0 Å². The molecule has 3 heteroatoms. The van der Waals surface area contributed by atoms with E-state index in [-0.39, 0.29) is 18.4 Å². The second-order valence-corrected chi connectivity index (χ2v) is 8.77. The molecule has 0 N–H and O–H groups in total. The van der Waals surface area contributed by atoms with Crippen LogP contribution in [0.1, 0.15) is 43.0 Å². The lowest BCUT2D eigenvalue weighted by Gasteiger charge is -2.51. The highest BCUT2D eigenvalue weighted by Gasteiger charge is 2.44. The van der Waals surface area contributed by atoms with Crippen LogP contribution in [-0.4, -0.2) is 23.8 Å². The van der Waals surface area contributed by atoms with Crippen molar-refractivity contribution in [3.63, 3.8) is 0 Å². The molecule has 0 spiro atoms. The van der Waals surface area contributed by atoms with Crippen molar-refractivity contribution < 1.29 is 9.47 Å². The third-order valence-corrected chi connectivity index (χ3v) is 5.88. The second-order valence-electron chi connectivity index (χ2n) is 8.77. The van der Waals surface area contributed by atoms with Gasteiger partial charge in [0, 0.05) is 6.54 Å². The van der Waals surface area contributed by atoms with Gasteiger partial charge in [-0.2, -0.15) is 0 Å². The van der Waals surface area contributed by atoms with Crippen LogP contribution in [0.3, 0.4) is 0 Å². The largest absolute Gasteiger partial charge is 0.370 e. The Morgan fingerprint density at radius 1 is 0.774 bits per heavy atom. The van der Waals surface area contributed by atoms with Crippen LogP contribution < -0.4 is 0 Å². The lowest BCUT2D eigenvalue weighted by molar-refractivity contribution is -0.198. The average Bonchev–Trinajstić information content (AvgIpc) is 2.78. The molecule has 3 atom stereocenters. The molecule has 1 aliphatic heterocycles. The molecular formula is C28H33NO2. The predicted octanol–water partition coefficient (Wildman–Crippen LogP) is 6.22. The van der Waals surface area contributed by atoms with E-state index in [2.05, 4.69) is 97.6 Å². The van der Waals surface area contributed by atoms with Gasteiger partial charge in [-0.3, -0.25) is 4.90 Å². The molecule has 1 saturated heterocycles. The van der Waals surface area contributed by atoms with Crippen molar-refractivity contribution in [2.45, 2.75) is 51.9 Å². The molecule has 1 aliphatic rings. The zero-order valence-electron chi connectivity index (χ0n) is 18.6. The average molecular weight is 416 g/mol. The second kappa shape index (κ2) is 10.7. The molecule has 0 unspecified atom stereocenters. The Morgan fingerprint density at radius 3 is 1.90 bits per heavy atom. The van der Waals surface area contributed by atoms with Crippen LogP contribution in [0.25, 0.3) is 0 Å². The van der Waals surface area contributed by atoms with Gasteiger partial charge in [-0.15, -0.1) is 0 Å². The molecule has 0 radical (unpaired) electrons. The van der Waals surface area contributed by atoms with E-state index in [0.29, 0.717) is 19.1 Å². The van der Waals surface area contributed by atoms with E-state index in [4.69, 9.17) is 9.47 Å². The van der Waals surface area contributed by atoms with Crippen molar-refractivity contribution in [2.75, 3.05) is 6.54 Å². The molecular weight excluding hydrogens is 382 g/mol. The molecule has 1 heterocycles. The Morgan fingerprint density at radius 2 is 1.32 bits per heavy atom. The van der Waals surface area contributed by atoms with E-state index in [1.165, 1.54) is 16.7 Å². The van der Waals surface area contributed by atoms with Gasteiger partial charge in [0.1, 0.15) is 6.23 Å². The van der Waals surface area contributed by atoms with E-state index >= 15 is 0 Å². The number of benzene rings is 3. The molecule has 0 bridgehead atoms. The molecule has 0 aliphatic carbocycles. The highest BCUT2D eigenvalue weighted by atomic mass is 16.5. The predicted molar refractivity (Wildman–Crippen MR) is 125 cm³/mol. The number of hydrogen-bond donors (Lipinski definition) is 0. The van der Waals surface area contributed by atoms with Crippen molar-refractivity contribution in [2.24, 2.45) is 5.92 Å². The number of nitrogens with zero attached hydrogens (tertiary/aromatic N) is 1. The first-order valence-corrected chi connectivity index (χ1v) is 11.3. The molecule has 3 aromatic carbocycles. The summed E-state index contributed by atoms with van der Waals surface area (Å²) in [5.74, 6) is 0.557. The Hall–Kier alpha value is -2.46. The van der Waals surface area contributed by atoms with Gasteiger partial charge in [-0.25, -0.2) is 0 Å². The fourth-order valence-electron chi connectivity index (χ4n) is 4.24. The highest BCUT2D eigenvalue weighted by Crippen LogP contribution is 2.39. The molecule has 1 fully saturated rings. The SMILES string of the molecule is CC(C)C[C@H](OCc1ccccc1)N1C[C@H](OCc2ccccc2)[C@@H]1c1ccccc1. The Bertz CT molecular complexity index is 898. The molecule has 4 rings (SSSR count). The summed E-state index contributed by atoms with van der Waals surface area (Å²) in [7, 11) is 0. The van der Waals surface area contributed by atoms with Crippen molar-refractivity contribution in [1.82, 2.24) is 4.90 Å². The van der Waals surface area contributed by atoms with Gasteiger partial charge < -0.3 is 9.47 Å². The van der Waals surface area contributed by atoms with Gasteiger partial charge in [0.05, 0.1) is 25.4 Å². The molecule has 3 nitrogen and oxygen atoms in total. The lowest BCUT2D eigenvalue weighted by Crippen LogP contribution is -2.59. The maximum absolute atomic E-state index is 6.48. The smallest absolute Gasteiger partial charge is 0.111 e. The monoisotopic (exact) mass is 415 g/mol. The molecule has 0 saturated carbocycles. The third kappa shape index (κ3) is 5.82. The van der Waals surface area contributed by atoms with Crippen LogP contribution in [0.2, 0.25) is 0 Å². The van der Waals surface area contributed by atoms with Crippen molar-refractivity contribution in [3.05, 3.63) is 108 Å². The minimum atomic E-state index is 0.0713. The van der Waals surface area contributed by atoms with E-state index in [1.807, 2.05) is 12.1 Å². The van der Waals surface area contributed by atoms with Crippen LogP contribution in [0.4, 0.5) is 0 Å². The van der Waals surface area contributed by atoms with Crippen molar-refractivity contribution in [1.29, 1.82) is 0 Å². The van der Waals surface area contributed by atoms with Crippen LogP contribution in [0.5, 0.6) is 0 Å². The molecule has 162 valence electrons. The summed E-state index contributed by atoms with van der Waals surface area (Å²) in [6, 6.07) is 31.8. The number of hydrogen-bond acceptors (Lipinski definition) is 3. The Labute approximate surface area is 186 Å². The first kappa shape index (κ1) is 21.8. The Balaban J connectivity index is 1.48. The van der Waals surface area contributed by atoms with Gasteiger partial charge in [0.25, 0.3) is 0 Å². The normalized spacial score (nSPS) is 19.8. The summed E-state index contributed by atoms with van der Waals surface area (Å²) >= 11 is 0. The van der Waals surface area contributed by atoms with Crippen molar-refractivity contribution >= 4 is 0 Å². The van der Waals surface area contributed by atoms with Crippen molar-refractivity contribution in [3.8, 4) is 0 Å². The van der Waals surface area contributed by atoms with E-state index < -0.39 is 0 Å². The van der Waals surface area contributed by atoms with Gasteiger partial charge in [0.15, 0.2) is 0 Å². The first-order chi connectivity index (χ1) is 15.2. The molecule has 3 aromatic rings. The summed E-state index contributed by atoms with van der Waals surface area (Å²) in [4.78, 5) is 2.48. The fraction of sp³-hybridized carbons (Fsp3) is 0.357. The Kier molecular flexibility index (Phi) is 7.52. The maximum Gasteiger partial charge on any atom is 0.111 e. The van der Waals surface area contributed by atoms with Gasteiger partial charge in [-0.05, 0) is 29.0 Å². The molecule has 0 aromatic heterocycles. The zero-order valence-corrected chi connectivity index (χ0v) is 18.6. The first-order valence-electron chi connectivity index (χ1n) is 11.3. The van der Waals surface area contributed by atoms with Crippen LogP contribution in [0, 0.1) is 5.92 Å². The lowest BCUT2D eigenvalue weighted by atomic mass is 9.90.